The maximum atomic E-state index is 13.1. The predicted octanol–water partition coefficient (Wildman–Crippen LogP) is 4.88. The lowest BCUT2D eigenvalue weighted by Crippen LogP contribution is -2.22. The summed E-state index contributed by atoms with van der Waals surface area (Å²) in [5.74, 6) is 1.43. The Labute approximate surface area is 233 Å². The van der Waals surface area contributed by atoms with Gasteiger partial charge in [0, 0.05) is 18.4 Å². The Morgan fingerprint density at radius 2 is 1.66 bits per heavy atom. The molecule has 3 aromatic heterocycles. The molecule has 5 rings (SSSR count). The molecule has 3 heterocycles. The Morgan fingerprint density at radius 3 is 2.32 bits per heavy atom. The van der Waals surface area contributed by atoms with Crippen LogP contribution >= 0.6 is 0 Å². The number of fused-ring (bicyclic) bond motifs is 1. The molecule has 41 heavy (non-hydrogen) atoms. The van der Waals surface area contributed by atoms with E-state index in [9.17, 15) is 21.6 Å². The first-order valence-corrected chi connectivity index (χ1v) is 14.3. The molecule has 0 unspecified atom stereocenters. The maximum Gasteiger partial charge on any atom is 0.405 e. The quantitative estimate of drug-likeness (QED) is 0.263. The highest BCUT2D eigenvalue weighted by Gasteiger charge is 2.27. The van der Waals surface area contributed by atoms with Gasteiger partial charge in [-0.1, -0.05) is 24.3 Å². The number of alkyl halides is 3. The van der Waals surface area contributed by atoms with E-state index >= 15 is 0 Å². The minimum Gasteiger partial charge on any atom is -0.359 e. The third kappa shape index (κ3) is 6.60. The van der Waals surface area contributed by atoms with Gasteiger partial charge >= 0.3 is 6.18 Å². The molecule has 0 bridgehead atoms. The van der Waals surface area contributed by atoms with Gasteiger partial charge in [0.05, 0.1) is 21.8 Å². The van der Waals surface area contributed by atoms with Gasteiger partial charge in [-0.05, 0) is 55.8 Å². The Morgan fingerprint density at radius 1 is 0.902 bits per heavy atom. The highest BCUT2D eigenvalue weighted by atomic mass is 32.2. The number of anilines is 2. The molecule has 2 aromatic carbocycles. The summed E-state index contributed by atoms with van der Waals surface area (Å²) in [5, 5.41) is 9.75. The zero-order valence-corrected chi connectivity index (χ0v) is 23.0. The Hall–Kier alpha value is -4.59. The molecule has 0 spiro atoms. The third-order valence-corrected chi connectivity index (χ3v) is 7.17. The van der Waals surface area contributed by atoms with Crippen LogP contribution in [0.25, 0.3) is 28.0 Å². The van der Waals surface area contributed by atoms with Crippen molar-refractivity contribution in [3.05, 3.63) is 77.9 Å². The average Bonchev–Trinajstić information content (AvgIpc) is 3.27. The minimum atomic E-state index is -4.49. The number of halogens is 3. The maximum absolute atomic E-state index is 13.1. The number of aryl methyl sites for hydroxylation is 2. The second kappa shape index (κ2) is 10.8. The van der Waals surface area contributed by atoms with Crippen molar-refractivity contribution in [3.8, 4) is 16.9 Å². The van der Waals surface area contributed by atoms with E-state index in [1.54, 1.807) is 28.9 Å². The number of benzene rings is 2. The molecule has 0 radical (unpaired) electrons. The van der Waals surface area contributed by atoms with Crippen molar-refractivity contribution < 1.29 is 21.6 Å². The first kappa shape index (κ1) is 28.0. The lowest BCUT2D eigenvalue weighted by atomic mass is 10.1. The summed E-state index contributed by atoms with van der Waals surface area (Å²) in [6.45, 7) is 2.66. The summed E-state index contributed by atoms with van der Waals surface area (Å²) in [4.78, 5) is 17.6. The lowest BCUT2D eigenvalue weighted by Gasteiger charge is -2.14. The van der Waals surface area contributed by atoms with Crippen molar-refractivity contribution in [3.63, 3.8) is 0 Å². The fourth-order valence-corrected chi connectivity index (χ4v) is 4.82. The van der Waals surface area contributed by atoms with E-state index in [2.05, 4.69) is 35.7 Å². The van der Waals surface area contributed by atoms with Crippen LogP contribution in [0.15, 0.2) is 65.6 Å². The van der Waals surface area contributed by atoms with Crippen LogP contribution in [-0.2, 0) is 16.4 Å². The zero-order valence-electron chi connectivity index (χ0n) is 22.2. The molecule has 2 N–H and O–H groups in total. The summed E-state index contributed by atoms with van der Waals surface area (Å²) in [7, 11) is -3.47. The van der Waals surface area contributed by atoms with Crippen LogP contribution in [0, 0.1) is 13.8 Å². The van der Waals surface area contributed by atoms with Gasteiger partial charge in [0.15, 0.2) is 15.7 Å². The first-order chi connectivity index (χ1) is 19.4. The van der Waals surface area contributed by atoms with Gasteiger partial charge in [-0.2, -0.15) is 23.3 Å². The molecule has 0 atom stereocenters. The average molecular weight is 583 g/mol. The van der Waals surface area contributed by atoms with Gasteiger partial charge in [0.1, 0.15) is 23.7 Å². The lowest BCUT2D eigenvalue weighted by molar-refractivity contribution is -0.115. The van der Waals surface area contributed by atoms with Gasteiger partial charge in [-0.15, -0.1) is 0 Å². The normalized spacial score (nSPS) is 12.0. The smallest absolute Gasteiger partial charge is 0.359 e. The molecular formula is C27H25F3N8O2S. The molecule has 0 aliphatic rings. The van der Waals surface area contributed by atoms with Crippen LogP contribution in [0.2, 0.25) is 0 Å². The zero-order chi connectivity index (χ0) is 29.4. The Balaban J connectivity index is 1.43. The van der Waals surface area contributed by atoms with E-state index in [0.29, 0.717) is 29.1 Å². The van der Waals surface area contributed by atoms with Gasteiger partial charge in [0.25, 0.3) is 0 Å². The summed E-state index contributed by atoms with van der Waals surface area (Å²) in [6, 6.07) is 16.9. The van der Waals surface area contributed by atoms with E-state index in [1.165, 1.54) is 12.1 Å². The van der Waals surface area contributed by atoms with Crippen LogP contribution in [0.5, 0.6) is 0 Å². The highest BCUT2D eigenvalue weighted by Crippen LogP contribution is 2.28. The predicted molar refractivity (Wildman–Crippen MR) is 149 cm³/mol. The molecule has 0 amide bonds. The molecular weight excluding hydrogens is 557 g/mol. The van der Waals surface area contributed by atoms with E-state index in [0.717, 1.165) is 23.3 Å². The monoisotopic (exact) mass is 582 g/mol. The molecule has 10 nitrogen and oxygen atoms in total. The summed E-state index contributed by atoms with van der Waals surface area (Å²) >= 11 is 0. The standard InChI is InChI=1S/C27H25F3N8O2S/c1-16-33-17(2)38(37-16)20-9-7-18(8-10-20)14-31-26-35-23-12-11-22(19-5-4-6-21(13-19)41(3,39)40)34-24(23)25(36-26)32-15-27(28,29)30/h4-13H,14-15H2,1-3H3,(H2,31,32,35,36). The first-order valence-electron chi connectivity index (χ1n) is 12.4. The third-order valence-electron chi connectivity index (χ3n) is 6.06. The highest BCUT2D eigenvalue weighted by molar-refractivity contribution is 7.90. The molecule has 14 heteroatoms. The fourth-order valence-electron chi connectivity index (χ4n) is 4.15. The molecule has 5 aromatic rings. The number of rotatable bonds is 8. The van der Waals surface area contributed by atoms with Crippen molar-refractivity contribution in [1.82, 2.24) is 29.7 Å². The number of nitrogens with zero attached hydrogens (tertiary/aromatic N) is 6. The van der Waals surface area contributed by atoms with Crippen molar-refractivity contribution in [2.24, 2.45) is 0 Å². The van der Waals surface area contributed by atoms with Crippen molar-refractivity contribution in [2.75, 3.05) is 23.4 Å². The van der Waals surface area contributed by atoms with Gasteiger partial charge in [-0.25, -0.2) is 28.1 Å². The van der Waals surface area contributed by atoms with E-state index in [-0.39, 0.29) is 22.2 Å². The van der Waals surface area contributed by atoms with Gasteiger partial charge < -0.3 is 10.6 Å². The fraction of sp³-hybridized carbons (Fsp3) is 0.222. The largest absolute Gasteiger partial charge is 0.405 e. The van der Waals surface area contributed by atoms with Crippen molar-refractivity contribution in [1.29, 1.82) is 0 Å². The number of aromatic nitrogens is 6. The molecule has 0 fully saturated rings. The molecule has 0 aliphatic heterocycles. The topological polar surface area (TPSA) is 128 Å². The van der Waals surface area contributed by atoms with Crippen LogP contribution in [0.4, 0.5) is 24.9 Å². The summed E-state index contributed by atoms with van der Waals surface area (Å²) in [5.41, 5.74) is 3.00. The van der Waals surface area contributed by atoms with E-state index < -0.39 is 22.6 Å². The molecule has 0 saturated carbocycles. The summed E-state index contributed by atoms with van der Waals surface area (Å²) in [6.07, 6.45) is -3.40. The number of pyridine rings is 1. The number of hydrogen-bond acceptors (Lipinski definition) is 9. The van der Waals surface area contributed by atoms with Gasteiger partial charge in [0.2, 0.25) is 5.95 Å². The van der Waals surface area contributed by atoms with Crippen molar-refractivity contribution >= 4 is 32.6 Å². The van der Waals surface area contributed by atoms with E-state index in [1.807, 2.05) is 38.1 Å². The number of hydrogen-bond donors (Lipinski definition) is 2. The molecule has 0 saturated heterocycles. The second-order valence-corrected chi connectivity index (χ2v) is 11.4. The summed E-state index contributed by atoms with van der Waals surface area (Å²) < 4.78 is 65.0. The van der Waals surface area contributed by atoms with Crippen LogP contribution in [-0.4, -0.2) is 57.1 Å². The van der Waals surface area contributed by atoms with Crippen LogP contribution in [0.1, 0.15) is 17.2 Å². The Bertz CT molecular complexity index is 1840. The SMILES string of the molecule is Cc1nc(C)n(-c2ccc(CNc3nc(NCC(F)(F)F)c4nc(-c5cccc(S(C)(=O)=O)c5)ccc4n3)cc2)n1. The number of nitrogens with one attached hydrogen (secondary N) is 2. The molecule has 0 aliphatic carbocycles. The molecule has 212 valence electrons. The van der Waals surface area contributed by atoms with Gasteiger partial charge in [-0.3, -0.25) is 0 Å². The second-order valence-electron chi connectivity index (χ2n) is 9.37. The minimum absolute atomic E-state index is 0.0997. The Kier molecular flexibility index (Phi) is 7.34. The van der Waals surface area contributed by atoms with Crippen molar-refractivity contribution in [2.45, 2.75) is 31.5 Å². The van der Waals surface area contributed by atoms with Crippen LogP contribution < -0.4 is 10.6 Å². The number of sulfone groups is 1. The van der Waals surface area contributed by atoms with Crippen LogP contribution in [0.3, 0.4) is 0 Å². The van der Waals surface area contributed by atoms with E-state index in [4.69, 9.17) is 0 Å².